The zero-order valence-corrected chi connectivity index (χ0v) is 12.7. The Morgan fingerprint density at radius 3 is 2.69 bits per heavy atom. The first-order valence-electron chi connectivity index (χ1n) is 6.25. The standard InChI is InChI=1S/C13H22BrNS/c1-3-5-6-7-12(15-8-4-2)11-9-13(14)16-10-11/h9-10,12,15H,3-8H2,1-2H3. The van der Waals surface area contributed by atoms with Crippen molar-refractivity contribution in [1.82, 2.24) is 5.32 Å². The molecule has 0 aromatic carbocycles. The van der Waals surface area contributed by atoms with E-state index in [1.54, 1.807) is 11.3 Å². The number of halogens is 1. The normalized spacial score (nSPS) is 12.9. The predicted octanol–water partition coefficient (Wildman–Crippen LogP) is 5.13. The minimum Gasteiger partial charge on any atom is -0.310 e. The van der Waals surface area contributed by atoms with Crippen LogP contribution in [0.1, 0.15) is 57.6 Å². The molecule has 1 nitrogen and oxygen atoms in total. The van der Waals surface area contributed by atoms with E-state index >= 15 is 0 Å². The van der Waals surface area contributed by atoms with Crippen molar-refractivity contribution in [2.24, 2.45) is 0 Å². The quantitative estimate of drug-likeness (QED) is 0.656. The summed E-state index contributed by atoms with van der Waals surface area (Å²) in [5.41, 5.74) is 1.45. The van der Waals surface area contributed by atoms with Crippen LogP contribution in [-0.4, -0.2) is 6.54 Å². The van der Waals surface area contributed by atoms with Crippen molar-refractivity contribution in [2.75, 3.05) is 6.54 Å². The molecule has 1 unspecified atom stereocenters. The summed E-state index contributed by atoms with van der Waals surface area (Å²) in [4.78, 5) is 0. The van der Waals surface area contributed by atoms with Crippen LogP contribution in [0.4, 0.5) is 0 Å². The summed E-state index contributed by atoms with van der Waals surface area (Å²) >= 11 is 5.32. The molecule has 0 aliphatic carbocycles. The lowest BCUT2D eigenvalue weighted by molar-refractivity contribution is 0.475. The Kier molecular flexibility index (Phi) is 7.33. The van der Waals surface area contributed by atoms with Gasteiger partial charge in [0, 0.05) is 6.04 Å². The third-order valence-corrected chi connectivity index (χ3v) is 4.25. The number of rotatable bonds is 8. The molecule has 1 atom stereocenters. The largest absolute Gasteiger partial charge is 0.310 e. The summed E-state index contributed by atoms with van der Waals surface area (Å²) in [6.07, 6.45) is 6.43. The van der Waals surface area contributed by atoms with Gasteiger partial charge in [-0.2, -0.15) is 0 Å². The summed E-state index contributed by atoms with van der Waals surface area (Å²) in [7, 11) is 0. The SMILES string of the molecule is CCCCCC(NCCC)c1csc(Br)c1. The molecule has 1 aromatic heterocycles. The van der Waals surface area contributed by atoms with Gasteiger partial charge in [0.1, 0.15) is 0 Å². The lowest BCUT2D eigenvalue weighted by atomic mass is 10.0. The molecule has 0 amide bonds. The van der Waals surface area contributed by atoms with Crippen LogP contribution < -0.4 is 5.32 Å². The van der Waals surface area contributed by atoms with Gasteiger partial charge in [0.05, 0.1) is 3.79 Å². The molecule has 1 N–H and O–H groups in total. The average molecular weight is 304 g/mol. The second-order valence-electron chi connectivity index (χ2n) is 4.19. The molecule has 0 saturated heterocycles. The van der Waals surface area contributed by atoms with Gasteiger partial charge >= 0.3 is 0 Å². The van der Waals surface area contributed by atoms with Gasteiger partial charge in [-0.3, -0.25) is 0 Å². The monoisotopic (exact) mass is 303 g/mol. The summed E-state index contributed by atoms with van der Waals surface area (Å²) in [5.74, 6) is 0. The topological polar surface area (TPSA) is 12.0 Å². The van der Waals surface area contributed by atoms with E-state index in [1.807, 2.05) is 0 Å². The van der Waals surface area contributed by atoms with Gasteiger partial charge in [0.25, 0.3) is 0 Å². The highest BCUT2D eigenvalue weighted by Crippen LogP contribution is 2.28. The van der Waals surface area contributed by atoms with Gasteiger partial charge in [0.2, 0.25) is 0 Å². The van der Waals surface area contributed by atoms with Gasteiger partial charge < -0.3 is 5.32 Å². The van der Waals surface area contributed by atoms with Crippen molar-refractivity contribution < 1.29 is 0 Å². The number of nitrogens with one attached hydrogen (secondary N) is 1. The molecule has 0 bridgehead atoms. The van der Waals surface area contributed by atoms with Crippen LogP contribution >= 0.6 is 27.3 Å². The lowest BCUT2D eigenvalue weighted by Crippen LogP contribution is -2.21. The third-order valence-electron chi connectivity index (χ3n) is 2.73. The summed E-state index contributed by atoms with van der Waals surface area (Å²) in [5, 5.41) is 5.91. The highest BCUT2D eigenvalue weighted by Gasteiger charge is 2.11. The van der Waals surface area contributed by atoms with Gasteiger partial charge in [-0.15, -0.1) is 11.3 Å². The first-order chi connectivity index (χ1) is 7.77. The van der Waals surface area contributed by atoms with Crippen LogP contribution in [0.3, 0.4) is 0 Å². The number of hydrogen-bond acceptors (Lipinski definition) is 2. The maximum Gasteiger partial charge on any atom is 0.0701 e. The van der Waals surface area contributed by atoms with E-state index in [0.717, 1.165) is 6.54 Å². The van der Waals surface area contributed by atoms with Crippen LogP contribution in [-0.2, 0) is 0 Å². The van der Waals surface area contributed by atoms with E-state index in [0.29, 0.717) is 6.04 Å². The molecule has 3 heteroatoms. The van der Waals surface area contributed by atoms with Crippen molar-refractivity contribution in [3.8, 4) is 0 Å². The predicted molar refractivity (Wildman–Crippen MR) is 77.2 cm³/mol. The Hall–Kier alpha value is 0.140. The highest BCUT2D eigenvalue weighted by molar-refractivity contribution is 9.11. The summed E-state index contributed by atoms with van der Waals surface area (Å²) in [6.45, 7) is 5.60. The van der Waals surface area contributed by atoms with Crippen LogP contribution in [0.2, 0.25) is 0 Å². The Bertz CT molecular complexity index is 285. The molecular weight excluding hydrogens is 282 g/mol. The van der Waals surface area contributed by atoms with E-state index in [-0.39, 0.29) is 0 Å². The maximum absolute atomic E-state index is 3.64. The fourth-order valence-corrected chi connectivity index (χ4v) is 3.04. The molecule has 92 valence electrons. The molecule has 0 fully saturated rings. The second kappa shape index (κ2) is 8.26. The van der Waals surface area contributed by atoms with Crippen LogP contribution in [0.25, 0.3) is 0 Å². The van der Waals surface area contributed by atoms with Crippen molar-refractivity contribution in [1.29, 1.82) is 0 Å². The first-order valence-corrected chi connectivity index (χ1v) is 7.92. The molecule has 0 radical (unpaired) electrons. The Labute approximate surface area is 112 Å². The first kappa shape index (κ1) is 14.2. The van der Waals surface area contributed by atoms with E-state index in [4.69, 9.17) is 0 Å². The molecule has 0 saturated carbocycles. The van der Waals surface area contributed by atoms with Crippen molar-refractivity contribution >= 4 is 27.3 Å². The molecule has 0 aliphatic rings. The van der Waals surface area contributed by atoms with Crippen LogP contribution in [0.15, 0.2) is 15.2 Å². The molecule has 0 spiro atoms. The Balaban J connectivity index is 2.49. The van der Waals surface area contributed by atoms with Gasteiger partial charge in [0.15, 0.2) is 0 Å². The van der Waals surface area contributed by atoms with Crippen molar-refractivity contribution in [3.05, 3.63) is 20.8 Å². The molecular formula is C13H22BrNS. The lowest BCUT2D eigenvalue weighted by Gasteiger charge is -2.17. The van der Waals surface area contributed by atoms with E-state index in [1.165, 1.54) is 41.5 Å². The zero-order valence-electron chi connectivity index (χ0n) is 10.3. The van der Waals surface area contributed by atoms with Gasteiger partial charge in [-0.25, -0.2) is 0 Å². The molecule has 0 aliphatic heterocycles. The van der Waals surface area contributed by atoms with Crippen LogP contribution in [0, 0.1) is 0 Å². The molecule has 1 rings (SSSR count). The minimum absolute atomic E-state index is 0.550. The van der Waals surface area contributed by atoms with Crippen molar-refractivity contribution in [3.63, 3.8) is 0 Å². The number of unbranched alkanes of at least 4 members (excludes halogenated alkanes) is 2. The summed E-state index contributed by atoms with van der Waals surface area (Å²) < 4.78 is 1.24. The summed E-state index contributed by atoms with van der Waals surface area (Å²) in [6, 6.07) is 2.80. The maximum atomic E-state index is 3.64. The van der Waals surface area contributed by atoms with E-state index in [9.17, 15) is 0 Å². The van der Waals surface area contributed by atoms with E-state index < -0.39 is 0 Å². The highest BCUT2D eigenvalue weighted by atomic mass is 79.9. The van der Waals surface area contributed by atoms with Crippen molar-refractivity contribution in [2.45, 2.75) is 52.0 Å². The molecule has 1 heterocycles. The number of thiophene rings is 1. The minimum atomic E-state index is 0.550. The van der Waals surface area contributed by atoms with Gasteiger partial charge in [-0.05, 0) is 52.3 Å². The fourth-order valence-electron chi connectivity index (χ4n) is 1.81. The number of hydrogen-bond donors (Lipinski definition) is 1. The fraction of sp³-hybridized carbons (Fsp3) is 0.692. The zero-order chi connectivity index (χ0) is 11.8. The van der Waals surface area contributed by atoms with Gasteiger partial charge in [-0.1, -0.05) is 33.1 Å². The van der Waals surface area contributed by atoms with Crippen LogP contribution in [0.5, 0.6) is 0 Å². The van der Waals surface area contributed by atoms with E-state index in [2.05, 4.69) is 46.5 Å². The average Bonchev–Trinajstić information content (AvgIpc) is 2.70. The third kappa shape index (κ3) is 4.98. The molecule has 16 heavy (non-hydrogen) atoms. The smallest absolute Gasteiger partial charge is 0.0701 e. The second-order valence-corrected chi connectivity index (χ2v) is 6.48. The Morgan fingerprint density at radius 2 is 2.12 bits per heavy atom. The Morgan fingerprint density at radius 1 is 1.31 bits per heavy atom. The molecule has 1 aromatic rings.